The Morgan fingerprint density at radius 3 is 2.71 bits per heavy atom. The van der Waals surface area contributed by atoms with Crippen molar-refractivity contribution < 1.29 is 24.0 Å². The van der Waals surface area contributed by atoms with E-state index in [9.17, 15) is 19.7 Å². The van der Waals surface area contributed by atoms with Crippen molar-refractivity contribution in [2.24, 2.45) is 0 Å². The fourth-order valence-corrected chi connectivity index (χ4v) is 1.49. The highest BCUT2D eigenvalue weighted by atomic mass is 35.5. The molecule has 1 rings (SSSR count). The quantitative estimate of drug-likeness (QED) is 0.466. The lowest BCUT2D eigenvalue weighted by atomic mass is 10.3. The minimum atomic E-state index is -0.672. The molecule has 0 aliphatic heterocycles. The number of hydrogen-bond donors (Lipinski definition) is 1. The van der Waals surface area contributed by atoms with Gasteiger partial charge in [0.05, 0.1) is 4.92 Å². The lowest BCUT2D eigenvalue weighted by Crippen LogP contribution is -2.22. The van der Waals surface area contributed by atoms with Gasteiger partial charge in [0.15, 0.2) is 6.61 Å². The molecule has 0 aromatic heterocycles. The van der Waals surface area contributed by atoms with E-state index in [1.165, 1.54) is 12.1 Å². The number of ether oxygens (including phenoxy) is 2. The van der Waals surface area contributed by atoms with Crippen LogP contribution in [-0.2, 0) is 19.1 Å². The molecule has 0 atom stereocenters. The van der Waals surface area contributed by atoms with E-state index in [1.807, 2.05) is 0 Å². The summed E-state index contributed by atoms with van der Waals surface area (Å²) in [7, 11) is 0. The predicted molar refractivity (Wildman–Crippen MR) is 74.2 cm³/mol. The highest BCUT2D eigenvalue weighted by molar-refractivity contribution is 6.32. The first kappa shape index (κ1) is 16.9. The zero-order chi connectivity index (χ0) is 15.8. The van der Waals surface area contributed by atoms with Gasteiger partial charge in [-0.15, -0.1) is 0 Å². The maximum absolute atomic E-state index is 11.5. The van der Waals surface area contributed by atoms with Gasteiger partial charge < -0.3 is 14.8 Å². The van der Waals surface area contributed by atoms with Crippen molar-refractivity contribution >= 4 is 34.9 Å². The second-order valence-corrected chi connectivity index (χ2v) is 4.18. The number of amides is 1. The van der Waals surface area contributed by atoms with E-state index in [2.05, 4.69) is 10.1 Å². The molecule has 0 aliphatic rings. The molecule has 114 valence electrons. The third-order valence-electron chi connectivity index (χ3n) is 2.21. The SMILES string of the molecule is CCOCC(=O)OCC(=O)Nc1ccc(Cl)c([N+](=O)[O-])c1. The second-order valence-electron chi connectivity index (χ2n) is 3.77. The summed E-state index contributed by atoms with van der Waals surface area (Å²) in [6.45, 7) is 1.32. The summed E-state index contributed by atoms with van der Waals surface area (Å²) in [6.07, 6.45) is 0. The van der Waals surface area contributed by atoms with Gasteiger partial charge in [-0.2, -0.15) is 0 Å². The highest BCUT2D eigenvalue weighted by Crippen LogP contribution is 2.27. The molecule has 1 aromatic rings. The molecular weight excluding hydrogens is 304 g/mol. The molecular formula is C12H13ClN2O6. The molecule has 0 aliphatic carbocycles. The van der Waals surface area contributed by atoms with Crippen molar-refractivity contribution in [3.8, 4) is 0 Å². The number of nitrogens with one attached hydrogen (secondary N) is 1. The zero-order valence-corrected chi connectivity index (χ0v) is 11.9. The number of hydrogen-bond acceptors (Lipinski definition) is 6. The Bertz CT molecular complexity index is 549. The molecule has 0 saturated heterocycles. The second kappa shape index (κ2) is 8.18. The van der Waals surface area contributed by atoms with E-state index in [0.29, 0.717) is 6.61 Å². The average Bonchev–Trinajstić information content (AvgIpc) is 2.44. The van der Waals surface area contributed by atoms with E-state index in [-0.39, 0.29) is 23.0 Å². The average molecular weight is 317 g/mol. The van der Waals surface area contributed by atoms with Crippen LogP contribution in [0.4, 0.5) is 11.4 Å². The molecule has 21 heavy (non-hydrogen) atoms. The molecule has 1 N–H and O–H groups in total. The molecule has 0 unspecified atom stereocenters. The Morgan fingerprint density at radius 2 is 2.10 bits per heavy atom. The molecule has 0 bridgehead atoms. The Balaban J connectivity index is 2.53. The Labute approximate surface area is 125 Å². The fourth-order valence-electron chi connectivity index (χ4n) is 1.30. The first-order chi connectivity index (χ1) is 9.93. The number of nitro groups is 1. The van der Waals surface area contributed by atoms with Crippen LogP contribution in [0.3, 0.4) is 0 Å². The van der Waals surface area contributed by atoms with Gasteiger partial charge in [0.1, 0.15) is 11.6 Å². The summed E-state index contributed by atoms with van der Waals surface area (Å²) in [5, 5.41) is 13.0. The van der Waals surface area contributed by atoms with Crippen LogP contribution >= 0.6 is 11.6 Å². The summed E-state index contributed by atoms with van der Waals surface area (Å²) in [6, 6.07) is 3.80. The first-order valence-electron chi connectivity index (χ1n) is 5.91. The summed E-state index contributed by atoms with van der Waals surface area (Å²) in [5.74, 6) is -1.30. The van der Waals surface area contributed by atoms with Crippen LogP contribution in [0.25, 0.3) is 0 Å². The molecule has 0 saturated carbocycles. The molecule has 0 fully saturated rings. The van der Waals surface area contributed by atoms with Crippen LogP contribution in [0, 0.1) is 10.1 Å². The summed E-state index contributed by atoms with van der Waals surface area (Å²) >= 11 is 5.64. The number of carbonyl (C=O) groups is 2. The van der Waals surface area contributed by atoms with Crippen molar-refractivity contribution in [3.63, 3.8) is 0 Å². The predicted octanol–water partition coefficient (Wildman–Crippen LogP) is 1.77. The van der Waals surface area contributed by atoms with Gasteiger partial charge in [-0.1, -0.05) is 11.6 Å². The highest BCUT2D eigenvalue weighted by Gasteiger charge is 2.14. The molecule has 1 aromatic carbocycles. The smallest absolute Gasteiger partial charge is 0.332 e. The van der Waals surface area contributed by atoms with Crippen LogP contribution in [0.2, 0.25) is 5.02 Å². The number of rotatable bonds is 7. The van der Waals surface area contributed by atoms with Crippen molar-refractivity contribution in [1.82, 2.24) is 0 Å². The van der Waals surface area contributed by atoms with E-state index < -0.39 is 23.4 Å². The fraction of sp³-hybridized carbons (Fsp3) is 0.333. The lowest BCUT2D eigenvalue weighted by molar-refractivity contribution is -0.384. The topological polar surface area (TPSA) is 108 Å². The van der Waals surface area contributed by atoms with E-state index >= 15 is 0 Å². The van der Waals surface area contributed by atoms with E-state index in [0.717, 1.165) is 6.07 Å². The van der Waals surface area contributed by atoms with E-state index in [4.69, 9.17) is 16.3 Å². The molecule has 0 radical (unpaired) electrons. The van der Waals surface area contributed by atoms with Gasteiger partial charge >= 0.3 is 5.97 Å². The number of halogens is 1. The summed E-state index contributed by atoms with van der Waals surface area (Å²) in [4.78, 5) is 32.7. The largest absolute Gasteiger partial charge is 0.454 e. The van der Waals surface area contributed by atoms with Crippen LogP contribution in [0.1, 0.15) is 6.92 Å². The van der Waals surface area contributed by atoms with E-state index in [1.54, 1.807) is 6.92 Å². The number of nitro benzene ring substituents is 1. The Kier molecular flexibility index (Phi) is 6.57. The van der Waals surface area contributed by atoms with Gasteiger partial charge in [-0.25, -0.2) is 4.79 Å². The molecule has 8 nitrogen and oxygen atoms in total. The molecule has 0 spiro atoms. The van der Waals surface area contributed by atoms with Crippen LogP contribution in [0.5, 0.6) is 0 Å². The third-order valence-corrected chi connectivity index (χ3v) is 2.53. The monoisotopic (exact) mass is 316 g/mol. The van der Waals surface area contributed by atoms with Crippen molar-refractivity contribution in [3.05, 3.63) is 33.3 Å². The van der Waals surface area contributed by atoms with Gasteiger partial charge in [-0.3, -0.25) is 14.9 Å². The maximum atomic E-state index is 11.5. The number of esters is 1. The van der Waals surface area contributed by atoms with Crippen molar-refractivity contribution in [1.29, 1.82) is 0 Å². The standard InChI is InChI=1S/C12H13ClN2O6/c1-2-20-7-12(17)21-6-11(16)14-8-3-4-9(13)10(5-8)15(18)19/h3-5H,2,6-7H2,1H3,(H,14,16). The van der Waals surface area contributed by atoms with Gasteiger partial charge in [0, 0.05) is 18.4 Å². The lowest BCUT2D eigenvalue weighted by Gasteiger charge is -2.07. The Hall–Kier alpha value is -2.19. The van der Waals surface area contributed by atoms with Crippen molar-refractivity contribution in [2.75, 3.05) is 25.1 Å². The van der Waals surface area contributed by atoms with Gasteiger partial charge in [0.25, 0.3) is 11.6 Å². The van der Waals surface area contributed by atoms with Crippen LogP contribution in [-0.4, -0.2) is 36.6 Å². The minimum Gasteiger partial charge on any atom is -0.454 e. The van der Waals surface area contributed by atoms with Gasteiger partial charge in [0.2, 0.25) is 0 Å². The number of benzene rings is 1. The minimum absolute atomic E-state index is 0.0406. The molecule has 9 heteroatoms. The zero-order valence-electron chi connectivity index (χ0n) is 11.1. The van der Waals surface area contributed by atoms with Crippen LogP contribution in [0.15, 0.2) is 18.2 Å². The number of nitrogens with zero attached hydrogens (tertiary/aromatic N) is 1. The number of carbonyl (C=O) groups excluding carboxylic acids is 2. The number of anilines is 1. The Morgan fingerprint density at radius 1 is 1.38 bits per heavy atom. The molecule has 1 amide bonds. The van der Waals surface area contributed by atoms with Gasteiger partial charge in [-0.05, 0) is 19.1 Å². The third kappa shape index (κ3) is 5.76. The summed E-state index contributed by atoms with van der Waals surface area (Å²) in [5.41, 5.74) is -0.153. The first-order valence-corrected chi connectivity index (χ1v) is 6.29. The normalized spacial score (nSPS) is 10.0. The molecule has 0 heterocycles. The maximum Gasteiger partial charge on any atom is 0.332 e. The summed E-state index contributed by atoms with van der Waals surface area (Å²) < 4.78 is 9.45. The van der Waals surface area contributed by atoms with Crippen LogP contribution < -0.4 is 5.32 Å². The van der Waals surface area contributed by atoms with Crippen molar-refractivity contribution in [2.45, 2.75) is 6.92 Å².